The van der Waals surface area contributed by atoms with Gasteiger partial charge in [0, 0.05) is 6.04 Å². The number of carbonyl (C=O) groups is 2. The summed E-state index contributed by atoms with van der Waals surface area (Å²) >= 11 is 0. The first-order valence-corrected chi connectivity index (χ1v) is 10.3. The molecular weight excluding hydrogens is 372 g/mol. The Morgan fingerprint density at radius 3 is 2.30 bits per heavy atom. The molecule has 2 rings (SSSR count). The van der Waals surface area contributed by atoms with Crippen molar-refractivity contribution in [3.8, 4) is 5.75 Å². The van der Waals surface area contributed by atoms with Crippen molar-refractivity contribution in [1.29, 1.82) is 0 Å². The van der Waals surface area contributed by atoms with E-state index < -0.39 is 33.9 Å². The molecule has 1 aliphatic rings. The maximum atomic E-state index is 12.6. The highest BCUT2D eigenvalue weighted by molar-refractivity contribution is 7.89. The molecule has 0 heterocycles. The second kappa shape index (κ2) is 8.71. The van der Waals surface area contributed by atoms with Crippen molar-refractivity contribution < 1.29 is 27.9 Å². The monoisotopic (exact) mass is 398 g/mol. The fraction of sp³-hybridized carbons (Fsp3) is 0.556. The van der Waals surface area contributed by atoms with Crippen molar-refractivity contribution >= 4 is 21.9 Å². The maximum absolute atomic E-state index is 12.6. The van der Waals surface area contributed by atoms with Crippen molar-refractivity contribution in [3.63, 3.8) is 0 Å². The summed E-state index contributed by atoms with van der Waals surface area (Å²) in [4.78, 5) is 23.7. The van der Waals surface area contributed by atoms with Crippen LogP contribution in [0.4, 0.5) is 0 Å². The number of nitrogens with one attached hydrogen (secondary N) is 2. The Balaban J connectivity index is 2.07. The normalized spacial score (nSPS) is 21.0. The lowest BCUT2D eigenvalue weighted by atomic mass is 10.0. The SMILES string of the molecule is COc1ccc(S(=O)(=O)NC(C(=O)N[C@@H]2CC[C@H](C(=O)O)C2)C(C)C)cc1. The van der Waals surface area contributed by atoms with E-state index in [-0.39, 0.29) is 16.9 Å². The molecule has 1 saturated carbocycles. The summed E-state index contributed by atoms with van der Waals surface area (Å²) in [5, 5.41) is 11.9. The molecule has 1 unspecified atom stereocenters. The fourth-order valence-corrected chi connectivity index (χ4v) is 4.45. The largest absolute Gasteiger partial charge is 0.497 e. The van der Waals surface area contributed by atoms with Crippen molar-refractivity contribution in [3.05, 3.63) is 24.3 Å². The van der Waals surface area contributed by atoms with E-state index >= 15 is 0 Å². The minimum atomic E-state index is -3.89. The van der Waals surface area contributed by atoms with Crippen LogP contribution in [0.5, 0.6) is 5.75 Å². The van der Waals surface area contributed by atoms with Crippen molar-refractivity contribution in [1.82, 2.24) is 10.0 Å². The van der Waals surface area contributed by atoms with Gasteiger partial charge in [-0.25, -0.2) is 8.42 Å². The third-order valence-electron chi connectivity index (χ3n) is 4.73. The third-order valence-corrected chi connectivity index (χ3v) is 6.19. The van der Waals surface area contributed by atoms with E-state index in [2.05, 4.69) is 10.0 Å². The molecule has 1 aromatic rings. The van der Waals surface area contributed by atoms with E-state index in [9.17, 15) is 18.0 Å². The van der Waals surface area contributed by atoms with Gasteiger partial charge in [0.25, 0.3) is 0 Å². The number of carboxylic acids is 1. The summed E-state index contributed by atoms with van der Waals surface area (Å²) in [6, 6.07) is 4.66. The summed E-state index contributed by atoms with van der Waals surface area (Å²) in [6.07, 6.45) is 1.43. The molecule has 0 radical (unpaired) electrons. The molecule has 0 saturated heterocycles. The minimum absolute atomic E-state index is 0.0357. The highest BCUT2D eigenvalue weighted by Crippen LogP contribution is 2.26. The van der Waals surface area contributed by atoms with Crippen LogP contribution in [0.2, 0.25) is 0 Å². The Labute approximate surface area is 159 Å². The first-order chi connectivity index (χ1) is 12.6. The zero-order valence-electron chi connectivity index (χ0n) is 15.6. The topological polar surface area (TPSA) is 122 Å². The van der Waals surface area contributed by atoms with Gasteiger partial charge in [0.15, 0.2) is 0 Å². The van der Waals surface area contributed by atoms with E-state index in [1.807, 2.05) is 0 Å². The van der Waals surface area contributed by atoms with Gasteiger partial charge in [-0.15, -0.1) is 0 Å². The van der Waals surface area contributed by atoms with Gasteiger partial charge >= 0.3 is 5.97 Å². The van der Waals surface area contributed by atoms with E-state index in [1.165, 1.54) is 31.4 Å². The molecule has 3 atom stereocenters. The zero-order chi connectivity index (χ0) is 20.2. The highest BCUT2D eigenvalue weighted by Gasteiger charge is 2.34. The Morgan fingerprint density at radius 2 is 1.81 bits per heavy atom. The van der Waals surface area contributed by atoms with Crippen LogP contribution in [-0.2, 0) is 19.6 Å². The van der Waals surface area contributed by atoms with E-state index in [4.69, 9.17) is 9.84 Å². The summed E-state index contributed by atoms with van der Waals surface area (Å²) in [5.41, 5.74) is 0. The van der Waals surface area contributed by atoms with Gasteiger partial charge in [0.05, 0.1) is 17.9 Å². The predicted octanol–water partition coefficient (Wildman–Crippen LogP) is 1.37. The number of hydrogen-bond acceptors (Lipinski definition) is 5. The van der Waals surface area contributed by atoms with Crippen LogP contribution in [0.25, 0.3) is 0 Å². The lowest BCUT2D eigenvalue weighted by Gasteiger charge is -2.24. The Kier molecular flexibility index (Phi) is 6.83. The summed E-state index contributed by atoms with van der Waals surface area (Å²) in [6.45, 7) is 3.49. The number of benzene rings is 1. The molecule has 8 nitrogen and oxygen atoms in total. The number of hydrogen-bond donors (Lipinski definition) is 3. The first-order valence-electron chi connectivity index (χ1n) is 8.83. The average Bonchev–Trinajstić information content (AvgIpc) is 3.08. The van der Waals surface area contributed by atoms with E-state index in [1.54, 1.807) is 13.8 Å². The number of carbonyl (C=O) groups excluding carboxylic acids is 1. The Hall–Kier alpha value is -2.13. The molecule has 1 aliphatic carbocycles. The maximum Gasteiger partial charge on any atom is 0.306 e. The Morgan fingerprint density at radius 1 is 1.19 bits per heavy atom. The van der Waals surface area contributed by atoms with Crippen LogP contribution >= 0.6 is 0 Å². The van der Waals surface area contributed by atoms with Crippen LogP contribution in [0, 0.1) is 11.8 Å². The number of methoxy groups -OCH3 is 1. The first kappa shape index (κ1) is 21.2. The fourth-order valence-electron chi connectivity index (χ4n) is 3.11. The zero-order valence-corrected chi connectivity index (χ0v) is 16.5. The smallest absolute Gasteiger partial charge is 0.306 e. The van der Waals surface area contributed by atoms with Crippen LogP contribution in [-0.4, -0.2) is 44.6 Å². The number of ether oxygens (including phenoxy) is 1. The molecule has 0 bridgehead atoms. The van der Waals surface area contributed by atoms with Crippen LogP contribution in [0.3, 0.4) is 0 Å². The number of carboxylic acid groups (broad SMARTS) is 1. The molecule has 9 heteroatoms. The van der Waals surface area contributed by atoms with Crippen molar-refractivity contribution in [2.75, 3.05) is 7.11 Å². The minimum Gasteiger partial charge on any atom is -0.497 e. The molecule has 0 aromatic heterocycles. The second-order valence-electron chi connectivity index (χ2n) is 7.07. The lowest BCUT2D eigenvalue weighted by molar-refractivity contribution is -0.141. The number of sulfonamides is 1. The predicted molar refractivity (Wildman–Crippen MR) is 98.8 cm³/mol. The quantitative estimate of drug-likeness (QED) is 0.608. The van der Waals surface area contributed by atoms with Crippen molar-refractivity contribution in [2.45, 2.75) is 50.1 Å². The van der Waals surface area contributed by atoms with E-state index in [0.29, 0.717) is 25.0 Å². The highest BCUT2D eigenvalue weighted by atomic mass is 32.2. The molecule has 150 valence electrons. The number of aliphatic carboxylic acids is 1. The van der Waals surface area contributed by atoms with Gasteiger partial charge in [-0.2, -0.15) is 4.72 Å². The van der Waals surface area contributed by atoms with Crippen LogP contribution < -0.4 is 14.8 Å². The summed E-state index contributed by atoms with van der Waals surface area (Å²) in [5.74, 6) is -1.54. The molecular formula is C18H26N2O6S. The standard InChI is InChI=1S/C18H26N2O6S/c1-11(2)16(17(21)19-13-5-4-12(10-13)18(22)23)20-27(24,25)15-8-6-14(26-3)7-9-15/h6-9,11-13,16,20H,4-5,10H2,1-3H3,(H,19,21)(H,22,23)/t12-,13+,16?/m0/s1. The molecule has 27 heavy (non-hydrogen) atoms. The molecule has 3 N–H and O–H groups in total. The summed E-state index contributed by atoms with van der Waals surface area (Å²) in [7, 11) is -2.41. The number of rotatable bonds is 8. The van der Waals surface area contributed by atoms with Gasteiger partial charge in [0.1, 0.15) is 11.8 Å². The van der Waals surface area contributed by atoms with E-state index in [0.717, 1.165) is 0 Å². The molecule has 1 aromatic carbocycles. The Bertz CT molecular complexity index is 776. The number of amides is 1. The van der Waals surface area contributed by atoms with Gasteiger partial charge in [-0.05, 0) is 49.4 Å². The van der Waals surface area contributed by atoms with Crippen LogP contribution in [0.15, 0.2) is 29.2 Å². The van der Waals surface area contributed by atoms with Gasteiger partial charge in [-0.1, -0.05) is 13.8 Å². The average molecular weight is 398 g/mol. The van der Waals surface area contributed by atoms with Crippen molar-refractivity contribution in [2.24, 2.45) is 11.8 Å². The molecule has 0 aliphatic heterocycles. The summed E-state index contributed by atoms with van der Waals surface area (Å²) < 4.78 is 32.7. The molecule has 0 spiro atoms. The third kappa shape index (κ3) is 5.43. The van der Waals surface area contributed by atoms with Gasteiger partial charge in [0.2, 0.25) is 15.9 Å². The van der Waals surface area contributed by atoms with Crippen LogP contribution in [0.1, 0.15) is 33.1 Å². The molecule has 1 fully saturated rings. The van der Waals surface area contributed by atoms with Gasteiger partial charge in [-0.3, -0.25) is 9.59 Å². The lowest BCUT2D eigenvalue weighted by Crippen LogP contribution is -2.51. The van der Waals surface area contributed by atoms with Gasteiger partial charge < -0.3 is 15.2 Å². The molecule has 1 amide bonds. The second-order valence-corrected chi connectivity index (χ2v) is 8.79.